The molecule has 0 saturated carbocycles. The molecule has 0 spiro atoms. The molecule has 0 atom stereocenters. The van der Waals surface area contributed by atoms with Gasteiger partial charge in [0.15, 0.2) is 0 Å². The summed E-state index contributed by atoms with van der Waals surface area (Å²) in [6.45, 7) is 3.23. The van der Waals surface area contributed by atoms with Crippen LogP contribution in [-0.4, -0.2) is 25.8 Å². The van der Waals surface area contributed by atoms with Gasteiger partial charge in [0, 0.05) is 17.1 Å². The maximum Gasteiger partial charge on any atom is 0.405 e. The molecule has 0 saturated heterocycles. The standard InChI is InChI=1S/C13H18BrF3N2/c1-9(2)19(8-13(15,16)17)12-5-4-10(7-18-3)6-11(12)14/h4-6,9,18H,7-8H2,1-3H3. The molecular formula is C13H18BrF3N2. The number of alkyl halides is 3. The number of hydrogen-bond donors (Lipinski definition) is 1. The Morgan fingerprint density at radius 2 is 1.95 bits per heavy atom. The van der Waals surface area contributed by atoms with Crippen LogP contribution < -0.4 is 10.2 Å². The highest BCUT2D eigenvalue weighted by molar-refractivity contribution is 9.10. The Labute approximate surface area is 120 Å². The molecule has 0 amide bonds. The van der Waals surface area contributed by atoms with E-state index in [4.69, 9.17) is 0 Å². The van der Waals surface area contributed by atoms with Crippen molar-refractivity contribution in [2.45, 2.75) is 32.6 Å². The summed E-state index contributed by atoms with van der Waals surface area (Å²) in [4.78, 5) is 1.34. The summed E-state index contributed by atoms with van der Waals surface area (Å²) in [5, 5.41) is 3.01. The highest BCUT2D eigenvalue weighted by Gasteiger charge is 2.32. The third-order valence-corrected chi connectivity index (χ3v) is 3.31. The van der Waals surface area contributed by atoms with Gasteiger partial charge >= 0.3 is 6.18 Å². The highest BCUT2D eigenvalue weighted by Crippen LogP contribution is 2.31. The van der Waals surface area contributed by atoms with Gasteiger partial charge in [-0.3, -0.25) is 0 Å². The van der Waals surface area contributed by atoms with Crippen molar-refractivity contribution < 1.29 is 13.2 Å². The molecule has 1 N–H and O–H groups in total. The number of benzene rings is 1. The van der Waals surface area contributed by atoms with Gasteiger partial charge in [-0.15, -0.1) is 0 Å². The van der Waals surface area contributed by atoms with Crippen molar-refractivity contribution in [3.63, 3.8) is 0 Å². The molecule has 1 aromatic carbocycles. The average Bonchev–Trinajstić information content (AvgIpc) is 2.25. The van der Waals surface area contributed by atoms with Crippen LogP contribution in [0.3, 0.4) is 0 Å². The summed E-state index contributed by atoms with van der Waals surface area (Å²) < 4.78 is 38.5. The first-order chi connectivity index (χ1) is 8.74. The second kappa shape index (κ2) is 6.61. The summed E-state index contributed by atoms with van der Waals surface area (Å²) in [6, 6.07) is 5.18. The molecule has 0 fully saturated rings. The van der Waals surface area contributed by atoms with E-state index in [9.17, 15) is 13.2 Å². The molecule has 108 valence electrons. The molecule has 1 rings (SSSR count). The van der Waals surface area contributed by atoms with Crippen LogP contribution in [0.5, 0.6) is 0 Å². The molecule has 0 unspecified atom stereocenters. The highest BCUT2D eigenvalue weighted by atomic mass is 79.9. The molecule has 0 heterocycles. The topological polar surface area (TPSA) is 15.3 Å². The Morgan fingerprint density at radius 1 is 1.32 bits per heavy atom. The van der Waals surface area contributed by atoms with Crippen LogP contribution in [0.15, 0.2) is 22.7 Å². The van der Waals surface area contributed by atoms with Crippen LogP contribution in [0.1, 0.15) is 19.4 Å². The van der Waals surface area contributed by atoms with E-state index >= 15 is 0 Å². The maximum absolute atomic E-state index is 12.6. The maximum atomic E-state index is 12.6. The number of nitrogens with one attached hydrogen (secondary N) is 1. The Bertz CT molecular complexity index is 419. The van der Waals surface area contributed by atoms with Crippen molar-refractivity contribution >= 4 is 21.6 Å². The second-order valence-corrected chi connectivity index (χ2v) is 5.51. The predicted molar refractivity (Wildman–Crippen MR) is 75.4 cm³/mol. The third-order valence-electron chi connectivity index (χ3n) is 2.68. The largest absolute Gasteiger partial charge is 0.405 e. The summed E-state index contributed by atoms with van der Waals surface area (Å²) >= 11 is 3.36. The lowest BCUT2D eigenvalue weighted by Gasteiger charge is -2.31. The van der Waals surface area contributed by atoms with Crippen molar-refractivity contribution in [2.24, 2.45) is 0 Å². The van der Waals surface area contributed by atoms with Crippen LogP contribution in [-0.2, 0) is 6.54 Å². The van der Waals surface area contributed by atoms with Crippen LogP contribution in [0.4, 0.5) is 18.9 Å². The SMILES string of the molecule is CNCc1ccc(N(CC(F)(F)F)C(C)C)c(Br)c1. The fourth-order valence-electron chi connectivity index (χ4n) is 1.84. The van der Waals surface area contributed by atoms with E-state index in [1.165, 1.54) is 4.90 Å². The first kappa shape index (κ1) is 16.3. The molecule has 0 aliphatic heterocycles. The van der Waals surface area contributed by atoms with Gasteiger partial charge in [0.25, 0.3) is 0 Å². The van der Waals surface area contributed by atoms with Gasteiger partial charge in [0.05, 0.1) is 5.69 Å². The molecule has 0 radical (unpaired) electrons. The molecule has 6 heteroatoms. The molecule has 0 bridgehead atoms. The van der Waals surface area contributed by atoms with Crippen LogP contribution in [0.25, 0.3) is 0 Å². The van der Waals surface area contributed by atoms with Crippen LogP contribution >= 0.6 is 15.9 Å². The van der Waals surface area contributed by atoms with Gasteiger partial charge in [-0.1, -0.05) is 6.07 Å². The van der Waals surface area contributed by atoms with E-state index in [1.807, 2.05) is 19.2 Å². The lowest BCUT2D eigenvalue weighted by molar-refractivity contribution is -0.120. The van der Waals surface area contributed by atoms with Crippen molar-refractivity contribution in [2.75, 3.05) is 18.5 Å². The van der Waals surface area contributed by atoms with Crippen LogP contribution in [0, 0.1) is 0 Å². The molecular weight excluding hydrogens is 321 g/mol. The van der Waals surface area contributed by atoms with Crippen molar-refractivity contribution in [1.29, 1.82) is 0 Å². The minimum Gasteiger partial charge on any atom is -0.359 e. The van der Waals surface area contributed by atoms with Gasteiger partial charge in [-0.25, -0.2) is 0 Å². The molecule has 0 aliphatic carbocycles. The number of halogens is 4. The minimum atomic E-state index is -4.21. The van der Waals surface area contributed by atoms with Gasteiger partial charge < -0.3 is 10.2 Å². The molecule has 19 heavy (non-hydrogen) atoms. The van der Waals surface area contributed by atoms with E-state index in [0.717, 1.165) is 5.56 Å². The summed E-state index contributed by atoms with van der Waals surface area (Å²) in [5.41, 5.74) is 1.58. The number of rotatable bonds is 5. The first-order valence-electron chi connectivity index (χ1n) is 6.01. The Hall–Kier alpha value is -0.750. The van der Waals surface area contributed by atoms with Gasteiger partial charge in [0.2, 0.25) is 0 Å². The van der Waals surface area contributed by atoms with E-state index in [-0.39, 0.29) is 6.04 Å². The summed E-state index contributed by atoms with van der Waals surface area (Å²) in [7, 11) is 1.83. The predicted octanol–water partition coefficient (Wildman–Crippen LogP) is 3.95. The minimum absolute atomic E-state index is 0.229. The van der Waals surface area contributed by atoms with Crippen molar-refractivity contribution in [3.05, 3.63) is 28.2 Å². The summed E-state index contributed by atoms with van der Waals surface area (Å²) in [5.74, 6) is 0. The lowest BCUT2D eigenvalue weighted by atomic mass is 10.1. The molecule has 1 aromatic rings. The number of hydrogen-bond acceptors (Lipinski definition) is 2. The monoisotopic (exact) mass is 338 g/mol. The van der Waals surface area contributed by atoms with Crippen molar-refractivity contribution in [3.8, 4) is 0 Å². The second-order valence-electron chi connectivity index (χ2n) is 4.65. The quantitative estimate of drug-likeness (QED) is 0.874. The van der Waals surface area contributed by atoms with Crippen LogP contribution in [0.2, 0.25) is 0 Å². The average molecular weight is 339 g/mol. The van der Waals surface area contributed by atoms with Gasteiger partial charge in [-0.2, -0.15) is 13.2 Å². The van der Waals surface area contributed by atoms with Gasteiger partial charge in [-0.05, 0) is 54.5 Å². The van der Waals surface area contributed by atoms with E-state index in [1.54, 1.807) is 19.9 Å². The Morgan fingerprint density at radius 3 is 2.37 bits per heavy atom. The fraction of sp³-hybridized carbons (Fsp3) is 0.538. The lowest BCUT2D eigenvalue weighted by Crippen LogP contribution is -2.39. The number of nitrogens with zero attached hydrogens (tertiary/aromatic N) is 1. The third kappa shape index (κ3) is 5.03. The summed E-state index contributed by atoms with van der Waals surface area (Å²) in [6.07, 6.45) is -4.21. The molecule has 2 nitrogen and oxygen atoms in total. The fourth-order valence-corrected chi connectivity index (χ4v) is 2.49. The normalized spacial score (nSPS) is 12.0. The van der Waals surface area contributed by atoms with Crippen molar-refractivity contribution in [1.82, 2.24) is 5.32 Å². The van der Waals surface area contributed by atoms with Gasteiger partial charge in [0.1, 0.15) is 6.54 Å². The zero-order chi connectivity index (χ0) is 14.6. The Balaban J connectivity index is 3.03. The smallest absolute Gasteiger partial charge is 0.359 e. The zero-order valence-electron chi connectivity index (χ0n) is 11.2. The molecule has 0 aromatic heterocycles. The zero-order valence-corrected chi connectivity index (χ0v) is 12.8. The van der Waals surface area contributed by atoms with E-state index in [0.29, 0.717) is 16.7 Å². The number of anilines is 1. The first-order valence-corrected chi connectivity index (χ1v) is 6.80. The molecule has 0 aliphatic rings. The van der Waals surface area contributed by atoms with E-state index < -0.39 is 12.7 Å². The van der Waals surface area contributed by atoms with E-state index in [2.05, 4.69) is 21.2 Å². The Kier molecular flexibility index (Phi) is 5.67.